The standard InChI is InChI=1S/C25H23NO4S/c1-15(2)23(27)21-22(18-7-4-5-8-19(18)30-3)26(25(29)24(21)28)17-12-10-16(11-13-17)20-9-6-14-31-20/h4-15,22,28H,1-3H3. The molecule has 1 N–H and O–H groups in total. The van der Waals surface area contributed by atoms with Crippen LogP contribution in [0.5, 0.6) is 5.75 Å². The Bertz CT molecular complexity index is 1150. The summed E-state index contributed by atoms with van der Waals surface area (Å²) >= 11 is 1.63. The summed E-state index contributed by atoms with van der Waals surface area (Å²) in [7, 11) is 1.54. The number of ether oxygens (including phenoxy) is 1. The molecule has 2 heterocycles. The van der Waals surface area contributed by atoms with Gasteiger partial charge < -0.3 is 9.84 Å². The molecule has 1 amide bonds. The smallest absolute Gasteiger partial charge is 0.294 e. The van der Waals surface area contributed by atoms with Gasteiger partial charge in [-0.05, 0) is 35.2 Å². The molecule has 6 heteroatoms. The Kier molecular flexibility index (Phi) is 5.65. The highest BCUT2D eigenvalue weighted by atomic mass is 32.1. The number of hydrogen-bond acceptors (Lipinski definition) is 5. The number of benzene rings is 2. The van der Waals surface area contributed by atoms with Gasteiger partial charge in [-0.25, -0.2) is 0 Å². The Balaban J connectivity index is 1.84. The topological polar surface area (TPSA) is 66.8 Å². The van der Waals surface area contributed by atoms with Crippen LogP contribution in [0, 0.1) is 5.92 Å². The second kappa shape index (κ2) is 8.40. The van der Waals surface area contributed by atoms with E-state index in [4.69, 9.17) is 4.74 Å². The Morgan fingerprint density at radius 1 is 1.06 bits per heavy atom. The molecule has 1 aliphatic heterocycles. The van der Waals surface area contributed by atoms with Crippen LogP contribution in [0.3, 0.4) is 0 Å². The first-order valence-electron chi connectivity index (χ1n) is 10.0. The van der Waals surface area contributed by atoms with Crippen molar-refractivity contribution >= 4 is 28.7 Å². The molecule has 31 heavy (non-hydrogen) atoms. The van der Waals surface area contributed by atoms with E-state index in [0.29, 0.717) is 17.0 Å². The van der Waals surface area contributed by atoms with Gasteiger partial charge in [0.2, 0.25) is 0 Å². The fourth-order valence-corrected chi connectivity index (χ4v) is 4.58. The van der Waals surface area contributed by atoms with Crippen molar-refractivity contribution in [3.8, 4) is 16.2 Å². The number of anilines is 1. The van der Waals surface area contributed by atoms with Crippen molar-refractivity contribution in [2.24, 2.45) is 5.92 Å². The van der Waals surface area contributed by atoms with Crippen LogP contribution < -0.4 is 9.64 Å². The summed E-state index contributed by atoms with van der Waals surface area (Å²) in [6, 6.07) is 18.1. The number of para-hydroxylation sites is 1. The summed E-state index contributed by atoms with van der Waals surface area (Å²) in [5, 5.41) is 12.7. The Hall–Kier alpha value is -3.38. The van der Waals surface area contributed by atoms with E-state index in [1.807, 2.05) is 60.0 Å². The van der Waals surface area contributed by atoms with Crippen LogP contribution in [0.25, 0.3) is 10.4 Å². The van der Waals surface area contributed by atoms with Crippen LogP contribution in [0.4, 0.5) is 5.69 Å². The minimum atomic E-state index is -0.772. The van der Waals surface area contributed by atoms with E-state index in [2.05, 4.69) is 0 Å². The fourth-order valence-electron chi connectivity index (χ4n) is 3.85. The lowest BCUT2D eigenvalue weighted by Gasteiger charge is -2.28. The highest BCUT2D eigenvalue weighted by Gasteiger charge is 2.45. The third kappa shape index (κ3) is 3.64. The number of aliphatic hydroxyl groups is 1. The zero-order valence-electron chi connectivity index (χ0n) is 17.5. The van der Waals surface area contributed by atoms with Gasteiger partial charge in [0.05, 0.1) is 18.7 Å². The number of rotatable bonds is 6. The molecule has 0 aliphatic carbocycles. The number of nitrogens with zero attached hydrogens (tertiary/aromatic N) is 1. The van der Waals surface area contributed by atoms with E-state index in [0.717, 1.165) is 10.4 Å². The zero-order chi connectivity index (χ0) is 22.1. The van der Waals surface area contributed by atoms with Gasteiger partial charge >= 0.3 is 0 Å². The summed E-state index contributed by atoms with van der Waals surface area (Å²) in [5.41, 5.74) is 2.38. The molecule has 0 saturated heterocycles. The number of Topliss-reactive ketones (excluding diaryl/α,β-unsaturated/α-hetero) is 1. The Morgan fingerprint density at radius 2 is 1.77 bits per heavy atom. The van der Waals surface area contributed by atoms with Gasteiger partial charge in [0.1, 0.15) is 5.75 Å². The quantitative estimate of drug-likeness (QED) is 0.554. The summed E-state index contributed by atoms with van der Waals surface area (Å²) in [5.74, 6) is -1.19. The molecule has 2 aromatic carbocycles. The highest BCUT2D eigenvalue weighted by Crippen LogP contribution is 2.44. The summed E-state index contributed by atoms with van der Waals surface area (Å²) in [6.45, 7) is 3.51. The van der Waals surface area contributed by atoms with Crippen molar-refractivity contribution in [1.82, 2.24) is 0 Å². The molecule has 1 unspecified atom stereocenters. The number of methoxy groups -OCH3 is 1. The summed E-state index contributed by atoms with van der Waals surface area (Å²) in [4.78, 5) is 28.8. The van der Waals surface area contributed by atoms with Crippen molar-refractivity contribution < 1.29 is 19.4 Å². The fraction of sp³-hybridized carbons (Fsp3) is 0.200. The first-order valence-corrected chi connectivity index (χ1v) is 10.9. The molecular formula is C25H23NO4S. The van der Waals surface area contributed by atoms with E-state index < -0.39 is 17.7 Å². The largest absolute Gasteiger partial charge is 0.503 e. The van der Waals surface area contributed by atoms with Crippen LogP contribution in [0.15, 0.2) is 77.4 Å². The van der Waals surface area contributed by atoms with E-state index in [-0.39, 0.29) is 17.3 Å². The van der Waals surface area contributed by atoms with Crippen LogP contribution in [-0.4, -0.2) is 23.9 Å². The highest BCUT2D eigenvalue weighted by molar-refractivity contribution is 7.13. The number of aliphatic hydroxyl groups excluding tert-OH is 1. The van der Waals surface area contributed by atoms with E-state index >= 15 is 0 Å². The summed E-state index contributed by atoms with van der Waals surface area (Å²) in [6.07, 6.45) is 0. The minimum absolute atomic E-state index is 0.104. The van der Waals surface area contributed by atoms with Crippen LogP contribution in [0.2, 0.25) is 0 Å². The Labute approximate surface area is 185 Å². The number of hydrogen-bond donors (Lipinski definition) is 1. The lowest BCUT2D eigenvalue weighted by molar-refractivity contribution is -0.119. The van der Waals surface area contributed by atoms with Crippen LogP contribution in [-0.2, 0) is 9.59 Å². The van der Waals surface area contributed by atoms with Gasteiger partial charge in [-0.1, -0.05) is 50.2 Å². The van der Waals surface area contributed by atoms with Crippen LogP contribution in [0.1, 0.15) is 25.5 Å². The molecule has 1 aromatic heterocycles. The number of carbonyl (C=O) groups is 2. The molecule has 0 radical (unpaired) electrons. The number of ketones is 1. The third-order valence-corrected chi connectivity index (χ3v) is 6.30. The van der Waals surface area contributed by atoms with E-state index in [9.17, 15) is 14.7 Å². The lowest BCUT2D eigenvalue weighted by Crippen LogP contribution is -2.31. The van der Waals surface area contributed by atoms with Crippen molar-refractivity contribution in [2.45, 2.75) is 19.9 Å². The molecule has 158 valence electrons. The molecule has 3 aromatic rings. The van der Waals surface area contributed by atoms with Crippen molar-refractivity contribution in [3.63, 3.8) is 0 Å². The molecule has 0 saturated carbocycles. The van der Waals surface area contributed by atoms with Gasteiger partial charge in [-0.3, -0.25) is 14.5 Å². The molecule has 0 fully saturated rings. The first-order chi connectivity index (χ1) is 14.9. The predicted molar refractivity (Wildman–Crippen MR) is 122 cm³/mol. The first kappa shape index (κ1) is 20.9. The predicted octanol–water partition coefficient (Wildman–Crippen LogP) is 5.55. The van der Waals surface area contributed by atoms with Gasteiger partial charge in [0.15, 0.2) is 11.5 Å². The number of carbonyl (C=O) groups excluding carboxylic acids is 2. The average Bonchev–Trinajstić information content (AvgIpc) is 3.41. The van der Waals surface area contributed by atoms with E-state index in [1.54, 1.807) is 38.4 Å². The number of amides is 1. The van der Waals surface area contributed by atoms with Gasteiger partial charge in [-0.2, -0.15) is 0 Å². The second-order valence-electron chi connectivity index (χ2n) is 7.63. The van der Waals surface area contributed by atoms with Crippen LogP contribution >= 0.6 is 11.3 Å². The molecule has 1 atom stereocenters. The monoisotopic (exact) mass is 433 g/mol. The summed E-state index contributed by atoms with van der Waals surface area (Å²) < 4.78 is 5.52. The van der Waals surface area contributed by atoms with Gasteiger partial charge in [0.25, 0.3) is 5.91 Å². The third-order valence-electron chi connectivity index (χ3n) is 5.38. The lowest BCUT2D eigenvalue weighted by atomic mass is 9.90. The van der Waals surface area contributed by atoms with Crippen molar-refractivity contribution in [1.29, 1.82) is 0 Å². The zero-order valence-corrected chi connectivity index (χ0v) is 18.3. The Morgan fingerprint density at radius 3 is 2.39 bits per heavy atom. The maximum absolute atomic E-state index is 13.2. The molecule has 5 nitrogen and oxygen atoms in total. The molecule has 0 spiro atoms. The SMILES string of the molecule is COc1ccccc1C1C(C(=O)C(C)C)=C(O)C(=O)N1c1ccc(-c2cccs2)cc1. The molecule has 1 aliphatic rings. The van der Waals surface area contributed by atoms with Gasteiger partial charge in [0, 0.05) is 22.0 Å². The normalized spacial score (nSPS) is 16.3. The average molecular weight is 434 g/mol. The second-order valence-corrected chi connectivity index (χ2v) is 8.57. The maximum Gasteiger partial charge on any atom is 0.294 e. The van der Waals surface area contributed by atoms with Crippen molar-refractivity contribution in [2.75, 3.05) is 12.0 Å². The van der Waals surface area contributed by atoms with E-state index in [1.165, 1.54) is 4.90 Å². The maximum atomic E-state index is 13.2. The van der Waals surface area contributed by atoms with Crippen molar-refractivity contribution in [3.05, 3.63) is 82.9 Å². The number of thiophene rings is 1. The minimum Gasteiger partial charge on any atom is -0.503 e. The molecule has 0 bridgehead atoms. The molecule has 4 rings (SSSR count). The van der Waals surface area contributed by atoms with Gasteiger partial charge in [-0.15, -0.1) is 11.3 Å². The molecular weight excluding hydrogens is 410 g/mol.